The van der Waals surface area contributed by atoms with Crippen LogP contribution in [0.3, 0.4) is 0 Å². The molecule has 0 heterocycles. The van der Waals surface area contributed by atoms with E-state index in [1.165, 1.54) is 31.4 Å². The molecule has 25 heavy (non-hydrogen) atoms. The van der Waals surface area contributed by atoms with E-state index in [0.717, 1.165) is 6.07 Å². The number of halogens is 2. The van der Waals surface area contributed by atoms with E-state index in [4.69, 9.17) is 16.3 Å². The van der Waals surface area contributed by atoms with Gasteiger partial charge in [0.25, 0.3) is 5.91 Å². The Bertz CT molecular complexity index is 824. The quantitative estimate of drug-likeness (QED) is 0.823. The molecule has 0 fully saturated rings. The second kappa shape index (κ2) is 8.25. The molecule has 0 saturated carbocycles. The third-order valence-corrected chi connectivity index (χ3v) is 3.38. The summed E-state index contributed by atoms with van der Waals surface area (Å²) in [5.74, 6) is -2.82. The van der Waals surface area contributed by atoms with E-state index in [0.29, 0.717) is 0 Å². The highest BCUT2D eigenvalue weighted by atomic mass is 35.5. The molecular formula is C17H13ClFNO5. The molecule has 0 aromatic heterocycles. The van der Waals surface area contributed by atoms with Crippen molar-refractivity contribution >= 4 is 35.1 Å². The van der Waals surface area contributed by atoms with E-state index in [-0.39, 0.29) is 21.8 Å². The van der Waals surface area contributed by atoms with E-state index < -0.39 is 30.3 Å². The number of amides is 1. The number of nitrogens with one attached hydrogen (secondary N) is 1. The van der Waals surface area contributed by atoms with Gasteiger partial charge in [-0.25, -0.2) is 14.0 Å². The van der Waals surface area contributed by atoms with Crippen LogP contribution >= 0.6 is 11.6 Å². The first kappa shape index (κ1) is 18.4. The Labute approximate surface area is 147 Å². The minimum absolute atomic E-state index is 0.0213. The Kier molecular flexibility index (Phi) is 6.08. The maximum atomic E-state index is 13.1. The number of rotatable bonds is 5. The predicted molar refractivity (Wildman–Crippen MR) is 88.1 cm³/mol. The van der Waals surface area contributed by atoms with Gasteiger partial charge in [0.2, 0.25) is 0 Å². The van der Waals surface area contributed by atoms with E-state index in [2.05, 4.69) is 10.1 Å². The third-order valence-electron chi connectivity index (χ3n) is 3.09. The first-order chi connectivity index (χ1) is 11.9. The van der Waals surface area contributed by atoms with Crippen molar-refractivity contribution in [3.63, 3.8) is 0 Å². The number of carbonyl (C=O) groups is 3. The van der Waals surface area contributed by atoms with Crippen molar-refractivity contribution < 1.29 is 28.2 Å². The lowest BCUT2D eigenvalue weighted by Crippen LogP contribution is -2.22. The van der Waals surface area contributed by atoms with Crippen LogP contribution in [0.25, 0.3) is 0 Å². The summed E-state index contributed by atoms with van der Waals surface area (Å²) in [5.41, 5.74) is 0.259. The SMILES string of the molecule is COC(=O)c1ccccc1C(=O)OCC(=O)Nc1ccc(F)c(Cl)c1. The summed E-state index contributed by atoms with van der Waals surface area (Å²) in [6, 6.07) is 9.53. The van der Waals surface area contributed by atoms with Crippen molar-refractivity contribution in [1.82, 2.24) is 0 Å². The Morgan fingerprint density at radius 1 is 1.08 bits per heavy atom. The Balaban J connectivity index is 1.99. The van der Waals surface area contributed by atoms with Crippen molar-refractivity contribution in [3.8, 4) is 0 Å². The van der Waals surface area contributed by atoms with Crippen molar-refractivity contribution in [2.45, 2.75) is 0 Å². The molecule has 0 unspecified atom stereocenters. The molecule has 0 saturated heterocycles. The van der Waals surface area contributed by atoms with E-state index in [1.807, 2.05) is 0 Å². The molecule has 0 aliphatic rings. The molecule has 6 nitrogen and oxygen atoms in total. The van der Waals surface area contributed by atoms with Crippen LogP contribution in [0.15, 0.2) is 42.5 Å². The van der Waals surface area contributed by atoms with Gasteiger partial charge in [-0.3, -0.25) is 4.79 Å². The average molecular weight is 366 g/mol. The van der Waals surface area contributed by atoms with Gasteiger partial charge in [0.1, 0.15) is 5.82 Å². The Morgan fingerprint density at radius 2 is 1.72 bits per heavy atom. The molecule has 2 rings (SSSR count). The molecule has 0 spiro atoms. The largest absolute Gasteiger partial charge is 0.465 e. The highest BCUT2D eigenvalue weighted by Crippen LogP contribution is 2.19. The Morgan fingerprint density at radius 3 is 2.32 bits per heavy atom. The minimum atomic E-state index is -0.853. The molecular weight excluding hydrogens is 353 g/mol. The molecule has 1 N–H and O–H groups in total. The summed E-state index contributed by atoms with van der Waals surface area (Å²) in [4.78, 5) is 35.5. The Hall–Kier alpha value is -2.93. The second-order valence-corrected chi connectivity index (χ2v) is 5.20. The zero-order valence-electron chi connectivity index (χ0n) is 13.0. The second-order valence-electron chi connectivity index (χ2n) is 4.79. The van der Waals surface area contributed by atoms with Crippen LogP contribution in [-0.2, 0) is 14.3 Å². The number of esters is 2. The van der Waals surface area contributed by atoms with Gasteiger partial charge in [-0.05, 0) is 30.3 Å². The normalized spacial score (nSPS) is 10.0. The topological polar surface area (TPSA) is 81.7 Å². The maximum Gasteiger partial charge on any atom is 0.339 e. The molecule has 1 amide bonds. The van der Waals surface area contributed by atoms with Gasteiger partial charge in [0, 0.05) is 5.69 Å². The number of anilines is 1. The van der Waals surface area contributed by atoms with E-state index in [1.54, 1.807) is 12.1 Å². The molecule has 0 aliphatic carbocycles. The van der Waals surface area contributed by atoms with Crippen molar-refractivity contribution in [3.05, 3.63) is 64.4 Å². The monoisotopic (exact) mass is 365 g/mol. The fourth-order valence-electron chi connectivity index (χ4n) is 1.93. The lowest BCUT2D eigenvalue weighted by molar-refractivity contribution is -0.119. The number of ether oxygens (including phenoxy) is 2. The summed E-state index contributed by atoms with van der Waals surface area (Å²) < 4.78 is 22.5. The van der Waals surface area contributed by atoms with Crippen LogP contribution in [0, 0.1) is 5.82 Å². The van der Waals surface area contributed by atoms with Crippen LogP contribution in [0.5, 0.6) is 0 Å². The van der Waals surface area contributed by atoms with Gasteiger partial charge in [0.05, 0.1) is 23.3 Å². The number of benzene rings is 2. The van der Waals surface area contributed by atoms with Crippen molar-refractivity contribution in [1.29, 1.82) is 0 Å². The van der Waals surface area contributed by atoms with E-state index in [9.17, 15) is 18.8 Å². The molecule has 2 aromatic carbocycles. The summed E-state index contributed by atoms with van der Waals surface area (Å²) in [6.45, 7) is -0.594. The third kappa shape index (κ3) is 4.77. The summed E-state index contributed by atoms with van der Waals surface area (Å²) >= 11 is 5.61. The minimum Gasteiger partial charge on any atom is -0.465 e. The highest BCUT2D eigenvalue weighted by molar-refractivity contribution is 6.31. The van der Waals surface area contributed by atoms with Crippen LogP contribution in [0.4, 0.5) is 10.1 Å². The fraction of sp³-hybridized carbons (Fsp3) is 0.118. The molecule has 0 atom stereocenters. The zero-order chi connectivity index (χ0) is 18.4. The first-order valence-corrected chi connectivity index (χ1v) is 7.39. The highest BCUT2D eigenvalue weighted by Gasteiger charge is 2.19. The molecule has 0 aliphatic heterocycles. The summed E-state index contributed by atoms with van der Waals surface area (Å²) in [5, 5.41) is 2.26. The smallest absolute Gasteiger partial charge is 0.339 e. The van der Waals surface area contributed by atoms with Gasteiger partial charge < -0.3 is 14.8 Å². The summed E-state index contributed by atoms with van der Waals surface area (Å²) in [7, 11) is 1.19. The lowest BCUT2D eigenvalue weighted by atomic mass is 10.1. The molecule has 0 bridgehead atoms. The standard InChI is InChI=1S/C17H13ClFNO5/c1-24-16(22)11-4-2-3-5-12(11)17(23)25-9-15(21)20-10-6-7-14(19)13(18)8-10/h2-8H,9H2,1H3,(H,20,21). The first-order valence-electron chi connectivity index (χ1n) is 7.01. The van der Waals surface area contributed by atoms with Crippen molar-refractivity contribution in [2.75, 3.05) is 19.0 Å². The number of methoxy groups -OCH3 is 1. The molecule has 2 aromatic rings. The van der Waals surface area contributed by atoms with Crippen molar-refractivity contribution in [2.24, 2.45) is 0 Å². The zero-order valence-corrected chi connectivity index (χ0v) is 13.8. The van der Waals surface area contributed by atoms with Crippen LogP contribution in [0.2, 0.25) is 5.02 Å². The number of hydrogen-bond acceptors (Lipinski definition) is 5. The van der Waals surface area contributed by atoms with Crippen LogP contribution in [-0.4, -0.2) is 31.6 Å². The fourth-order valence-corrected chi connectivity index (χ4v) is 2.11. The maximum absolute atomic E-state index is 13.1. The van der Waals surface area contributed by atoms with Gasteiger partial charge in [-0.1, -0.05) is 23.7 Å². The molecule has 0 radical (unpaired) electrons. The van der Waals surface area contributed by atoms with Crippen LogP contribution in [0.1, 0.15) is 20.7 Å². The summed E-state index contributed by atoms with van der Waals surface area (Å²) in [6.07, 6.45) is 0. The number of hydrogen-bond donors (Lipinski definition) is 1. The van der Waals surface area contributed by atoms with Gasteiger partial charge >= 0.3 is 11.9 Å². The van der Waals surface area contributed by atoms with Gasteiger partial charge in [-0.2, -0.15) is 0 Å². The van der Waals surface area contributed by atoms with E-state index >= 15 is 0 Å². The molecule has 130 valence electrons. The van der Waals surface area contributed by atoms with Crippen LogP contribution < -0.4 is 5.32 Å². The predicted octanol–water partition coefficient (Wildman–Crippen LogP) is 3.06. The molecule has 8 heteroatoms. The van der Waals surface area contributed by atoms with Gasteiger partial charge in [0.15, 0.2) is 6.61 Å². The average Bonchev–Trinajstić information content (AvgIpc) is 2.62. The van der Waals surface area contributed by atoms with Gasteiger partial charge in [-0.15, -0.1) is 0 Å². The number of carbonyl (C=O) groups excluding carboxylic acids is 3. The lowest BCUT2D eigenvalue weighted by Gasteiger charge is -2.09.